The smallest absolute Gasteiger partial charge is 0.255 e. The summed E-state index contributed by atoms with van der Waals surface area (Å²) < 4.78 is 1.73. The van der Waals surface area contributed by atoms with E-state index >= 15 is 0 Å². The standard InChI is InChI=1S/C19H16N6O/c26-19(16-3-1-14(2-4-16)11-25-13-20-12-22-25)23-17-7-5-15(6-8-17)18-9-10-21-24-18/h1-10,12-13H,11H2,(H,21,24)(H,23,26). The summed E-state index contributed by atoms with van der Waals surface area (Å²) in [6.45, 7) is 0.622. The monoisotopic (exact) mass is 344 g/mol. The molecule has 128 valence electrons. The Morgan fingerprint density at radius 2 is 1.85 bits per heavy atom. The fourth-order valence-corrected chi connectivity index (χ4v) is 2.62. The maximum absolute atomic E-state index is 12.4. The molecule has 4 aromatic rings. The van der Waals surface area contributed by atoms with Crippen molar-refractivity contribution in [2.24, 2.45) is 0 Å². The number of carbonyl (C=O) groups is 1. The molecule has 0 aliphatic carbocycles. The summed E-state index contributed by atoms with van der Waals surface area (Å²) in [6, 6.07) is 16.9. The number of carbonyl (C=O) groups excluding carboxylic acids is 1. The van der Waals surface area contributed by atoms with E-state index in [1.54, 1.807) is 29.3 Å². The van der Waals surface area contributed by atoms with Crippen molar-refractivity contribution in [3.8, 4) is 11.3 Å². The third kappa shape index (κ3) is 3.51. The number of H-pyrrole nitrogens is 1. The largest absolute Gasteiger partial charge is 0.322 e. The molecule has 0 bridgehead atoms. The first-order chi connectivity index (χ1) is 12.8. The first-order valence-corrected chi connectivity index (χ1v) is 8.10. The number of benzene rings is 2. The number of anilines is 1. The van der Waals surface area contributed by atoms with E-state index in [1.165, 1.54) is 6.33 Å². The number of aromatic nitrogens is 5. The maximum Gasteiger partial charge on any atom is 0.255 e. The van der Waals surface area contributed by atoms with E-state index in [0.717, 1.165) is 22.5 Å². The quantitative estimate of drug-likeness (QED) is 0.582. The van der Waals surface area contributed by atoms with E-state index in [0.29, 0.717) is 12.1 Å². The fraction of sp³-hybridized carbons (Fsp3) is 0.0526. The summed E-state index contributed by atoms with van der Waals surface area (Å²) in [5, 5.41) is 13.8. The normalized spacial score (nSPS) is 10.6. The van der Waals surface area contributed by atoms with Gasteiger partial charge in [0.25, 0.3) is 5.91 Å². The molecule has 0 aliphatic heterocycles. The zero-order valence-corrected chi connectivity index (χ0v) is 13.8. The Labute approximate surface area is 149 Å². The van der Waals surface area contributed by atoms with Crippen LogP contribution in [0.3, 0.4) is 0 Å². The highest BCUT2D eigenvalue weighted by molar-refractivity contribution is 6.04. The van der Waals surface area contributed by atoms with Crippen molar-refractivity contribution in [3.05, 3.63) is 84.6 Å². The van der Waals surface area contributed by atoms with Crippen LogP contribution in [0.5, 0.6) is 0 Å². The molecule has 7 nitrogen and oxygen atoms in total. The van der Waals surface area contributed by atoms with Crippen LogP contribution in [0.2, 0.25) is 0 Å². The Morgan fingerprint density at radius 1 is 1.04 bits per heavy atom. The van der Waals surface area contributed by atoms with Gasteiger partial charge in [-0.15, -0.1) is 0 Å². The zero-order chi connectivity index (χ0) is 17.8. The SMILES string of the molecule is O=C(Nc1ccc(-c2ccn[nH]2)cc1)c1ccc(Cn2cncn2)cc1. The van der Waals surface area contributed by atoms with Crippen molar-refractivity contribution in [1.82, 2.24) is 25.0 Å². The molecular weight excluding hydrogens is 328 g/mol. The number of nitrogens with one attached hydrogen (secondary N) is 2. The predicted molar refractivity (Wildman–Crippen MR) is 97.5 cm³/mol. The second-order valence-corrected chi connectivity index (χ2v) is 5.79. The fourth-order valence-electron chi connectivity index (χ4n) is 2.62. The molecule has 0 saturated heterocycles. The number of rotatable bonds is 5. The van der Waals surface area contributed by atoms with Gasteiger partial charge in [-0.05, 0) is 41.5 Å². The molecular formula is C19H16N6O. The van der Waals surface area contributed by atoms with E-state index in [1.807, 2.05) is 42.5 Å². The molecule has 2 heterocycles. The van der Waals surface area contributed by atoms with Crippen LogP contribution >= 0.6 is 0 Å². The molecule has 0 saturated carbocycles. The first kappa shape index (κ1) is 15.8. The Balaban J connectivity index is 1.41. The lowest BCUT2D eigenvalue weighted by atomic mass is 10.1. The first-order valence-electron chi connectivity index (χ1n) is 8.10. The predicted octanol–water partition coefficient (Wildman–Crippen LogP) is 2.97. The summed E-state index contributed by atoms with van der Waals surface area (Å²) in [7, 11) is 0. The third-order valence-corrected chi connectivity index (χ3v) is 3.98. The molecule has 2 aromatic heterocycles. The van der Waals surface area contributed by atoms with E-state index in [4.69, 9.17) is 0 Å². The van der Waals surface area contributed by atoms with E-state index in [-0.39, 0.29) is 5.91 Å². The topological polar surface area (TPSA) is 88.5 Å². The second kappa shape index (κ2) is 7.02. The van der Waals surface area contributed by atoms with Gasteiger partial charge in [0.2, 0.25) is 0 Å². The highest BCUT2D eigenvalue weighted by Gasteiger charge is 2.07. The van der Waals surface area contributed by atoms with Crippen molar-refractivity contribution < 1.29 is 4.79 Å². The second-order valence-electron chi connectivity index (χ2n) is 5.79. The van der Waals surface area contributed by atoms with Crippen LogP contribution in [0.15, 0.2) is 73.4 Å². The summed E-state index contributed by atoms with van der Waals surface area (Å²) in [5.74, 6) is -0.147. The molecule has 7 heteroatoms. The van der Waals surface area contributed by atoms with Crippen molar-refractivity contribution in [3.63, 3.8) is 0 Å². The number of hydrogen-bond acceptors (Lipinski definition) is 4. The average Bonchev–Trinajstić information content (AvgIpc) is 3.37. The molecule has 0 radical (unpaired) electrons. The van der Waals surface area contributed by atoms with Gasteiger partial charge in [-0.1, -0.05) is 24.3 Å². The van der Waals surface area contributed by atoms with Gasteiger partial charge in [-0.2, -0.15) is 10.2 Å². The highest BCUT2D eigenvalue weighted by atomic mass is 16.1. The van der Waals surface area contributed by atoms with Gasteiger partial charge in [0.1, 0.15) is 12.7 Å². The van der Waals surface area contributed by atoms with Crippen molar-refractivity contribution in [2.75, 3.05) is 5.32 Å². The van der Waals surface area contributed by atoms with Crippen LogP contribution in [0.25, 0.3) is 11.3 Å². The lowest BCUT2D eigenvalue weighted by molar-refractivity contribution is 0.102. The number of nitrogens with zero attached hydrogens (tertiary/aromatic N) is 4. The van der Waals surface area contributed by atoms with Gasteiger partial charge in [0, 0.05) is 17.4 Å². The summed E-state index contributed by atoms with van der Waals surface area (Å²) >= 11 is 0. The van der Waals surface area contributed by atoms with Crippen LogP contribution in [-0.2, 0) is 6.54 Å². The zero-order valence-electron chi connectivity index (χ0n) is 13.8. The molecule has 0 spiro atoms. The molecule has 0 fully saturated rings. The Morgan fingerprint density at radius 3 is 2.50 bits per heavy atom. The summed E-state index contributed by atoms with van der Waals surface area (Å²) in [6.07, 6.45) is 4.87. The van der Waals surface area contributed by atoms with Crippen LogP contribution in [0, 0.1) is 0 Å². The minimum atomic E-state index is -0.147. The van der Waals surface area contributed by atoms with E-state index in [9.17, 15) is 4.79 Å². The molecule has 2 N–H and O–H groups in total. The van der Waals surface area contributed by atoms with Crippen molar-refractivity contribution >= 4 is 11.6 Å². The van der Waals surface area contributed by atoms with Gasteiger partial charge in [0.15, 0.2) is 0 Å². The molecule has 0 unspecified atom stereocenters. The van der Waals surface area contributed by atoms with Crippen LogP contribution in [0.4, 0.5) is 5.69 Å². The van der Waals surface area contributed by atoms with Gasteiger partial charge >= 0.3 is 0 Å². The van der Waals surface area contributed by atoms with Crippen molar-refractivity contribution in [1.29, 1.82) is 0 Å². The molecule has 0 atom stereocenters. The Bertz CT molecular complexity index is 974. The molecule has 0 aliphatic rings. The van der Waals surface area contributed by atoms with Crippen LogP contribution in [-0.4, -0.2) is 30.9 Å². The lowest BCUT2D eigenvalue weighted by Crippen LogP contribution is -2.12. The summed E-state index contributed by atoms with van der Waals surface area (Å²) in [5.41, 5.74) is 4.34. The maximum atomic E-state index is 12.4. The Kier molecular flexibility index (Phi) is 4.26. The highest BCUT2D eigenvalue weighted by Crippen LogP contribution is 2.19. The van der Waals surface area contributed by atoms with Crippen LogP contribution < -0.4 is 5.32 Å². The third-order valence-electron chi connectivity index (χ3n) is 3.98. The van der Waals surface area contributed by atoms with E-state index in [2.05, 4.69) is 25.6 Å². The molecule has 26 heavy (non-hydrogen) atoms. The van der Waals surface area contributed by atoms with Gasteiger partial charge in [-0.25, -0.2) is 9.67 Å². The average molecular weight is 344 g/mol. The number of aromatic amines is 1. The van der Waals surface area contributed by atoms with Gasteiger partial charge in [-0.3, -0.25) is 9.89 Å². The van der Waals surface area contributed by atoms with Crippen LogP contribution in [0.1, 0.15) is 15.9 Å². The molecule has 2 aromatic carbocycles. The van der Waals surface area contributed by atoms with Gasteiger partial charge in [0.05, 0.1) is 12.2 Å². The minimum absolute atomic E-state index is 0.147. The summed E-state index contributed by atoms with van der Waals surface area (Å²) in [4.78, 5) is 16.3. The molecule has 1 amide bonds. The minimum Gasteiger partial charge on any atom is -0.322 e. The lowest BCUT2D eigenvalue weighted by Gasteiger charge is -2.07. The van der Waals surface area contributed by atoms with Gasteiger partial charge < -0.3 is 5.32 Å². The number of amides is 1. The van der Waals surface area contributed by atoms with E-state index < -0.39 is 0 Å². The molecule has 4 rings (SSSR count). The van der Waals surface area contributed by atoms with Crippen molar-refractivity contribution in [2.45, 2.75) is 6.54 Å². The number of hydrogen-bond donors (Lipinski definition) is 2. The Hall–Kier alpha value is -3.74.